The summed E-state index contributed by atoms with van der Waals surface area (Å²) in [5, 5.41) is 3.57. The summed E-state index contributed by atoms with van der Waals surface area (Å²) < 4.78 is 0. The van der Waals surface area contributed by atoms with Crippen LogP contribution in [0, 0.1) is 11.8 Å². The van der Waals surface area contributed by atoms with Gasteiger partial charge in [0.05, 0.1) is 0 Å². The van der Waals surface area contributed by atoms with Crippen molar-refractivity contribution in [3.05, 3.63) is 0 Å². The summed E-state index contributed by atoms with van der Waals surface area (Å²) in [6.45, 7) is 2.61. The molecule has 1 aliphatic carbocycles. The van der Waals surface area contributed by atoms with E-state index >= 15 is 0 Å². The molecule has 2 rings (SSSR count). The molecule has 1 heterocycles. The lowest BCUT2D eigenvalue weighted by molar-refractivity contribution is 0.115. The van der Waals surface area contributed by atoms with Gasteiger partial charge in [-0.3, -0.25) is 0 Å². The maximum absolute atomic E-state index is 3.57. The fourth-order valence-electron chi connectivity index (χ4n) is 3.15. The molecule has 0 aromatic carbocycles. The minimum Gasteiger partial charge on any atom is -0.316 e. The Bertz CT molecular complexity index is 177. The van der Waals surface area contributed by atoms with Gasteiger partial charge in [-0.1, -0.05) is 6.42 Å². The minimum absolute atomic E-state index is 0.798. The van der Waals surface area contributed by atoms with Crippen LogP contribution in [0.1, 0.15) is 32.1 Å². The zero-order chi connectivity index (χ0) is 9.97. The molecule has 0 aromatic rings. The monoisotopic (exact) mass is 196 g/mol. The van der Waals surface area contributed by atoms with Crippen molar-refractivity contribution in [1.82, 2.24) is 10.2 Å². The van der Waals surface area contributed by atoms with Gasteiger partial charge in [-0.15, -0.1) is 0 Å². The molecule has 2 nitrogen and oxygen atoms in total. The second kappa shape index (κ2) is 4.63. The normalized spacial score (nSPS) is 32.6. The third kappa shape index (κ3) is 2.12. The molecule has 2 atom stereocenters. The van der Waals surface area contributed by atoms with Crippen molar-refractivity contribution >= 4 is 0 Å². The van der Waals surface area contributed by atoms with Crippen molar-refractivity contribution in [1.29, 1.82) is 0 Å². The molecule has 0 bridgehead atoms. The second-order valence-electron chi connectivity index (χ2n) is 5.17. The van der Waals surface area contributed by atoms with Gasteiger partial charge in [0.25, 0.3) is 0 Å². The first-order valence-corrected chi connectivity index (χ1v) is 6.17. The third-order valence-corrected chi connectivity index (χ3v) is 4.16. The predicted molar refractivity (Wildman–Crippen MR) is 60.4 cm³/mol. The molecule has 2 aliphatic rings. The highest BCUT2D eigenvalue weighted by molar-refractivity contribution is 4.89. The Morgan fingerprint density at radius 1 is 1.14 bits per heavy atom. The van der Waals surface area contributed by atoms with Gasteiger partial charge in [-0.05, 0) is 58.2 Å². The van der Waals surface area contributed by atoms with Crippen molar-refractivity contribution in [2.24, 2.45) is 11.8 Å². The number of rotatable bonds is 3. The molecule has 1 saturated heterocycles. The van der Waals surface area contributed by atoms with Crippen molar-refractivity contribution in [3.63, 3.8) is 0 Å². The molecule has 2 fully saturated rings. The second-order valence-corrected chi connectivity index (χ2v) is 5.17. The molecule has 82 valence electrons. The van der Waals surface area contributed by atoms with E-state index in [9.17, 15) is 0 Å². The fraction of sp³-hybridized carbons (Fsp3) is 1.00. The number of likely N-dealkylation sites (tertiary alicyclic amines) is 1. The summed E-state index contributed by atoms with van der Waals surface area (Å²) in [6.07, 6.45) is 7.22. The van der Waals surface area contributed by atoms with Gasteiger partial charge in [0.1, 0.15) is 0 Å². The van der Waals surface area contributed by atoms with E-state index in [1.165, 1.54) is 45.2 Å². The zero-order valence-electron chi connectivity index (χ0n) is 9.63. The molecule has 0 spiro atoms. The summed E-state index contributed by atoms with van der Waals surface area (Å²) in [5.41, 5.74) is 0. The van der Waals surface area contributed by atoms with E-state index in [-0.39, 0.29) is 0 Å². The summed E-state index contributed by atoms with van der Waals surface area (Å²) >= 11 is 0. The van der Waals surface area contributed by atoms with Crippen LogP contribution in [0.3, 0.4) is 0 Å². The van der Waals surface area contributed by atoms with Crippen molar-refractivity contribution in [2.45, 2.75) is 38.1 Å². The SMILES string of the molecule is CNC(C1CCC1)C1CCCN(C)C1. The van der Waals surface area contributed by atoms with Gasteiger partial charge < -0.3 is 10.2 Å². The van der Waals surface area contributed by atoms with E-state index in [4.69, 9.17) is 0 Å². The molecule has 14 heavy (non-hydrogen) atoms. The van der Waals surface area contributed by atoms with Crippen LogP contribution in [0.5, 0.6) is 0 Å². The number of hydrogen-bond donors (Lipinski definition) is 1. The molecule has 0 aromatic heterocycles. The van der Waals surface area contributed by atoms with E-state index < -0.39 is 0 Å². The predicted octanol–water partition coefficient (Wildman–Crippen LogP) is 1.72. The molecule has 0 amide bonds. The van der Waals surface area contributed by atoms with Crippen LogP contribution in [0.15, 0.2) is 0 Å². The van der Waals surface area contributed by atoms with Gasteiger partial charge in [0.2, 0.25) is 0 Å². The van der Waals surface area contributed by atoms with Crippen LogP contribution in [0.25, 0.3) is 0 Å². The van der Waals surface area contributed by atoms with Crippen LogP contribution in [-0.4, -0.2) is 38.1 Å². The summed E-state index contributed by atoms with van der Waals surface area (Å²) in [5.74, 6) is 1.89. The first-order valence-electron chi connectivity index (χ1n) is 6.17. The number of nitrogens with zero attached hydrogens (tertiary/aromatic N) is 1. The molecular formula is C12H24N2. The number of hydrogen-bond acceptors (Lipinski definition) is 2. The van der Waals surface area contributed by atoms with Crippen LogP contribution < -0.4 is 5.32 Å². The summed E-state index contributed by atoms with van der Waals surface area (Å²) in [6, 6.07) is 0.798. The van der Waals surface area contributed by atoms with Crippen LogP contribution in [-0.2, 0) is 0 Å². The van der Waals surface area contributed by atoms with E-state index in [2.05, 4.69) is 24.3 Å². The molecule has 1 N–H and O–H groups in total. The Morgan fingerprint density at radius 3 is 2.36 bits per heavy atom. The van der Waals surface area contributed by atoms with Gasteiger partial charge in [0, 0.05) is 12.6 Å². The first-order chi connectivity index (χ1) is 6.81. The Balaban J connectivity index is 1.89. The largest absolute Gasteiger partial charge is 0.316 e. The van der Waals surface area contributed by atoms with Crippen LogP contribution in [0.4, 0.5) is 0 Å². The Hall–Kier alpha value is -0.0800. The highest BCUT2D eigenvalue weighted by Gasteiger charge is 2.33. The van der Waals surface area contributed by atoms with E-state index in [0.29, 0.717) is 0 Å². The number of piperidine rings is 1. The van der Waals surface area contributed by atoms with E-state index in [1.54, 1.807) is 0 Å². The smallest absolute Gasteiger partial charge is 0.0133 e. The Kier molecular flexibility index (Phi) is 3.45. The van der Waals surface area contributed by atoms with Crippen molar-refractivity contribution < 1.29 is 0 Å². The zero-order valence-corrected chi connectivity index (χ0v) is 9.63. The highest BCUT2D eigenvalue weighted by atomic mass is 15.1. The topological polar surface area (TPSA) is 15.3 Å². The van der Waals surface area contributed by atoms with Crippen molar-refractivity contribution in [2.75, 3.05) is 27.2 Å². The Labute approximate surface area is 88.1 Å². The van der Waals surface area contributed by atoms with Gasteiger partial charge in [0.15, 0.2) is 0 Å². The lowest BCUT2D eigenvalue weighted by Crippen LogP contribution is -2.48. The van der Waals surface area contributed by atoms with Gasteiger partial charge in [-0.2, -0.15) is 0 Å². The molecule has 1 saturated carbocycles. The van der Waals surface area contributed by atoms with Crippen molar-refractivity contribution in [3.8, 4) is 0 Å². The molecular weight excluding hydrogens is 172 g/mol. The van der Waals surface area contributed by atoms with Gasteiger partial charge >= 0.3 is 0 Å². The molecule has 2 heteroatoms. The quantitative estimate of drug-likeness (QED) is 0.739. The first kappa shape index (κ1) is 10.4. The third-order valence-electron chi connectivity index (χ3n) is 4.16. The molecule has 1 aliphatic heterocycles. The van der Waals surface area contributed by atoms with E-state index in [1.807, 2.05) is 0 Å². The Morgan fingerprint density at radius 2 is 1.86 bits per heavy atom. The van der Waals surface area contributed by atoms with Crippen LogP contribution in [0.2, 0.25) is 0 Å². The standard InChI is InChI=1S/C12H24N2/c1-13-12(10-5-3-6-10)11-7-4-8-14(2)9-11/h10-13H,3-9H2,1-2H3. The average molecular weight is 196 g/mol. The maximum Gasteiger partial charge on any atom is 0.0133 e. The van der Waals surface area contributed by atoms with Gasteiger partial charge in [-0.25, -0.2) is 0 Å². The van der Waals surface area contributed by atoms with E-state index in [0.717, 1.165) is 17.9 Å². The average Bonchev–Trinajstić information content (AvgIpc) is 2.10. The lowest BCUT2D eigenvalue weighted by Gasteiger charge is -2.42. The molecule has 0 radical (unpaired) electrons. The lowest BCUT2D eigenvalue weighted by atomic mass is 9.73. The summed E-state index contributed by atoms with van der Waals surface area (Å²) in [4.78, 5) is 2.50. The maximum atomic E-state index is 3.57. The van der Waals surface area contributed by atoms with Crippen LogP contribution >= 0.6 is 0 Å². The number of nitrogens with one attached hydrogen (secondary N) is 1. The fourth-order valence-corrected chi connectivity index (χ4v) is 3.15. The molecule has 2 unspecified atom stereocenters. The summed E-state index contributed by atoms with van der Waals surface area (Å²) in [7, 11) is 4.41. The highest BCUT2D eigenvalue weighted by Crippen LogP contribution is 2.35. The minimum atomic E-state index is 0.798.